The zero-order valence-corrected chi connectivity index (χ0v) is 20.4. The highest BCUT2D eigenvalue weighted by Crippen LogP contribution is 2.42. The number of methoxy groups -OCH3 is 1. The number of aliphatic hydroxyl groups is 1. The van der Waals surface area contributed by atoms with Crippen molar-refractivity contribution in [2.75, 3.05) is 33.5 Å². The minimum Gasteiger partial charge on any atom is -0.507 e. The summed E-state index contributed by atoms with van der Waals surface area (Å²) in [5.74, 6) is -1.35. The molecule has 1 heterocycles. The number of unbranched alkanes of at least 4 members (excludes halogenated alkanes) is 2. The molecule has 1 atom stereocenters. The van der Waals surface area contributed by atoms with Crippen molar-refractivity contribution in [1.82, 2.24) is 4.90 Å². The minimum atomic E-state index is -0.872. The Morgan fingerprint density at radius 3 is 2.40 bits per heavy atom. The number of ketones is 1. The molecule has 0 aromatic heterocycles. The smallest absolute Gasteiger partial charge is 0.295 e. The molecule has 1 aliphatic rings. The van der Waals surface area contributed by atoms with Crippen molar-refractivity contribution < 1.29 is 33.3 Å². The molecule has 0 spiro atoms. The SMILES string of the molecule is CCCCCOc1ccc([C@@H]2C(=C(O)c3ccc(F)cc3)C(=O)C(=O)N2CCOC)cc1OCC. The molecule has 0 saturated carbocycles. The maximum absolute atomic E-state index is 13.4. The highest BCUT2D eigenvalue weighted by atomic mass is 19.1. The highest BCUT2D eigenvalue weighted by molar-refractivity contribution is 6.46. The van der Waals surface area contributed by atoms with Crippen LogP contribution in [0.15, 0.2) is 48.0 Å². The van der Waals surface area contributed by atoms with Gasteiger partial charge in [-0.05, 0) is 55.3 Å². The molecule has 2 aromatic rings. The Hall–Kier alpha value is -3.39. The Kier molecular flexibility index (Phi) is 9.25. The van der Waals surface area contributed by atoms with Gasteiger partial charge in [0, 0.05) is 19.2 Å². The summed E-state index contributed by atoms with van der Waals surface area (Å²) in [7, 11) is 1.50. The van der Waals surface area contributed by atoms with Crippen LogP contribution in [0.3, 0.4) is 0 Å². The second kappa shape index (κ2) is 12.4. The van der Waals surface area contributed by atoms with Gasteiger partial charge < -0.3 is 24.2 Å². The van der Waals surface area contributed by atoms with Crippen LogP contribution < -0.4 is 9.47 Å². The highest BCUT2D eigenvalue weighted by Gasteiger charge is 2.46. The molecule has 1 fully saturated rings. The predicted octanol–water partition coefficient (Wildman–Crippen LogP) is 4.86. The topological polar surface area (TPSA) is 85.3 Å². The number of amides is 1. The van der Waals surface area contributed by atoms with Crippen molar-refractivity contribution in [1.29, 1.82) is 0 Å². The largest absolute Gasteiger partial charge is 0.507 e. The number of rotatable bonds is 12. The summed E-state index contributed by atoms with van der Waals surface area (Å²) < 4.78 is 30.3. The molecule has 2 aromatic carbocycles. The van der Waals surface area contributed by atoms with Gasteiger partial charge in [0.1, 0.15) is 11.6 Å². The molecule has 1 saturated heterocycles. The van der Waals surface area contributed by atoms with E-state index >= 15 is 0 Å². The zero-order chi connectivity index (χ0) is 25.4. The summed E-state index contributed by atoms with van der Waals surface area (Å²) in [5, 5.41) is 11.0. The number of Topliss-reactive ketones (excluding diaryl/α,β-unsaturated/α-hetero) is 1. The summed E-state index contributed by atoms with van der Waals surface area (Å²) in [6, 6.07) is 9.46. The molecule has 1 N–H and O–H groups in total. The Morgan fingerprint density at radius 2 is 1.74 bits per heavy atom. The fraction of sp³-hybridized carbons (Fsp3) is 0.407. The minimum absolute atomic E-state index is 0.0724. The monoisotopic (exact) mass is 485 g/mol. The number of carbonyl (C=O) groups excluding carboxylic acids is 2. The lowest BCUT2D eigenvalue weighted by Gasteiger charge is -2.26. The number of ether oxygens (including phenoxy) is 3. The molecule has 188 valence electrons. The van der Waals surface area contributed by atoms with E-state index in [4.69, 9.17) is 14.2 Å². The van der Waals surface area contributed by atoms with Crippen LogP contribution in [0, 0.1) is 5.82 Å². The maximum Gasteiger partial charge on any atom is 0.295 e. The maximum atomic E-state index is 13.4. The first-order chi connectivity index (χ1) is 16.9. The first-order valence-corrected chi connectivity index (χ1v) is 11.9. The van der Waals surface area contributed by atoms with Crippen LogP contribution in [0.25, 0.3) is 5.76 Å². The number of nitrogens with zero attached hydrogens (tertiary/aromatic N) is 1. The van der Waals surface area contributed by atoms with Gasteiger partial charge in [0.2, 0.25) is 0 Å². The van der Waals surface area contributed by atoms with Gasteiger partial charge in [-0.15, -0.1) is 0 Å². The number of benzene rings is 2. The second-order valence-corrected chi connectivity index (χ2v) is 8.19. The number of carbonyl (C=O) groups is 2. The summed E-state index contributed by atoms with van der Waals surface area (Å²) >= 11 is 0. The van der Waals surface area contributed by atoms with Crippen LogP contribution >= 0.6 is 0 Å². The number of likely N-dealkylation sites (tertiary alicyclic amines) is 1. The van der Waals surface area contributed by atoms with Crippen molar-refractivity contribution >= 4 is 17.4 Å². The second-order valence-electron chi connectivity index (χ2n) is 8.19. The third kappa shape index (κ3) is 6.00. The summed E-state index contributed by atoms with van der Waals surface area (Å²) in [6.07, 6.45) is 3.05. The van der Waals surface area contributed by atoms with E-state index in [0.717, 1.165) is 19.3 Å². The van der Waals surface area contributed by atoms with Crippen LogP contribution in [0.4, 0.5) is 4.39 Å². The first-order valence-electron chi connectivity index (χ1n) is 11.9. The number of hydrogen-bond acceptors (Lipinski definition) is 6. The van der Waals surface area contributed by atoms with Crippen LogP contribution in [0.1, 0.15) is 50.3 Å². The van der Waals surface area contributed by atoms with E-state index in [1.807, 2.05) is 6.92 Å². The molecule has 0 unspecified atom stereocenters. The fourth-order valence-corrected chi connectivity index (χ4v) is 4.03. The first kappa shape index (κ1) is 26.2. The number of halogens is 1. The summed E-state index contributed by atoms with van der Waals surface area (Å²) in [6.45, 7) is 5.26. The van der Waals surface area contributed by atoms with Crippen molar-refractivity contribution in [3.8, 4) is 11.5 Å². The normalized spacial score (nSPS) is 17.1. The summed E-state index contributed by atoms with van der Waals surface area (Å²) in [4.78, 5) is 27.3. The van der Waals surface area contributed by atoms with Gasteiger partial charge in [0.05, 0.1) is 31.4 Å². The Balaban J connectivity index is 2.07. The Morgan fingerprint density at radius 1 is 1.00 bits per heavy atom. The summed E-state index contributed by atoms with van der Waals surface area (Å²) in [5.41, 5.74) is 0.743. The van der Waals surface area contributed by atoms with Crippen molar-refractivity contribution in [3.05, 3.63) is 65.0 Å². The van der Waals surface area contributed by atoms with Crippen LogP contribution in [0.5, 0.6) is 11.5 Å². The van der Waals surface area contributed by atoms with Crippen LogP contribution in [-0.2, 0) is 14.3 Å². The van der Waals surface area contributed by atoms with Crippen molar-refractivity contribution in [2.24, 2.45) is 0 Å². The number of hydrogen-bond donors (Lipinski definition) is 1. The van der Waals surface area contributed by atoms with Crippen LogP contribution in [0.2, 0.25) is 0 Å². The van der Waals surface area contributed by atoms with E-state index in [0.29, 0.717) is 30.3 Å². The molecule has 1 aliphatic heterocycles. The van der Waals surface area contributed by atoms with Gasteiger partial charge in [0.15, 0.2) is 11.5 Å². The van der Waals surface area contributed by atoms with Gasteiger partial charge in [-0.2, -0.15) is 0 Å². The van der Waals surface area contributed by atoms with E-state index in [9.17, 15) is 19.1 Å². The van der Waals surface area contributed by atoms with Gasteiger partial charge in [0.25, 0.3) is 11.7 Å². The zero-order valence-electron chi connectivity index (χ0n) is 20.4. The van der Waals surface area contributed by atoms with E-state index in [2.05, 4.69) is 6.92 Å². The molecule has 0 bridgehead atoms. The van der Waals surface area contributed by atoms with E-state index in [-0.39, 0.29) is 30.0 Å². The van der Waals surface area contributed by atoms with E-state index in [1.54, 1.807) is 18.2 Å². The lowest BCUT2D eigenvalue weighted by molar-refractivity contribution is -0.140. The average molecular weight is 486 g/mol. The standard InChI is InChI=1S/C27H32FNO6/c1-4-6-7-15-35-21-13-10-19(17-22(21)34-5-2)24-23(25(30)18-8-11-20(28)12-9-18)26(31)27(32)29(24)14-16-33-3/h8-13,17,24,30H,4-7,14-16H2,1-3H3/t24-/m1/s1. The molecular formula is C27H32FNO6. The fourth-order valence-electron chi connectivity index (χ4n) is 4.03. The van der Waals surface area contributed by atoms with E-state index < -0.39 is 23.5 Å². The third-order valence-electron chi connectivity index (χ3n) is 5.78. The van der Waals surface area contributed by atoms with Gasteiger partial charge >= 0.3 is 0 Å². The quantitative estimate of drug-likeness (QED) is 0.200. The third-order valence-corrected chi connectivity index (χ3v) is 5.78. The van der Waals surface area contributed by atoms with Gasteiger partial charge in [-0.3, -0.25) is 9.59 Å². The molecule has 3 rings (SSSR count). The Bertz CT molecular complexity index is 1070. The predicted molar refractivity (Wildman–Crippen MR) is 130 cm³/mol. The molecule has 0 aliphatic carbocycles. The lowest BCUT2D eigenvalue weighted by atomic mass is 9.95. The van der Waals surface area contributed by atoms with Gasteiger partial charge in [-0.25, -0.2) is 4.39 Å². The molecular weight excluding hydrogens is 453 g/mol. The van der Waals surface area contributed by atoms with Crippen molar-refractivity contribution in [3.63, 3.8) is 0 Å². The Labute approximate surface area is 205 Å². The van der Waals surface area contributed by atoms with Gasteiger partial charge in [-0.1, -0.05) is 25.8 Å². The number of aliphatic hydroxyl groups excluding tert-OH is 1. The molecule has 8 heteroatoms. The molecule has 0 radical (unpaired) electrons. The lowest BCUT2D eigenvalue weighted by Crippen LogP contribution is -2.32. The molecule has 7 nitrogen and oxygen atoms in total. The molecule has 35 heavy (non-hydrogen) atoms. The average Bonchev–Trinajstić information content (AvgIpc) is 3.11. The van der Waals surface area contributed by atoms with E-state index in [1.165, 1.54) is 36.3 Å². The van der Waals surface area contributed by atoms with Crippen molar-refractivity contribution in [2.45, 2.75) is 39.2 Å². The van der Waals surface area contributed by atoms with Crippen LogP contribution in [-0.4, -0.2) is 55.2 Å². The molecule has 1 amide bonds.